The zero-order valence-corrected chi connectivity index (χ0v) is 25.6. The van der Waals surface area contributed by atoms with Crippen molar-refractivity contribution in [1.82, 2.24) is 9.80 Å². The summed E-state index contributed by atoms with van der Waals surface area (Å²) >= 11 is 5.01. The molecule has 1 aromatic heterocycles. The Morgan fingerprint density at radius 1 is 1.31 bits per heavy atom. The number of nitrogens with zero attached hydrogens (tertiary/aromatic N) is 3. The summed E-state index contributed by atoms with van der Waals surface area (Å²) in [7, 11) is 1.78. The number of aromatic hydroxyl groups is 1. The first-order valence-corrected chi connectivity index (χ1v) is 16.1. The molecule has 1 amide bonds. The lowest BCUT2D eigenvalue weighted by Gasteiger charge is -2.65. The molecule has 1 unspecified atom stereocenters. The number of rotatable bonds is 6. The maximum atomic E-state index is 13.5. The lowest BCUT2D eigenvalue weighted by molar-refractivity contribution is -0.206. The number of phenolic OH excluding ortho intramolecular Hbond substituents is 1. The monoisotopic (exact) mass is 645 g/mol. The molecule has 0 radical (unpaired) electrons. The lowest BCUT2D eigenvalue weighted by atomic mass is 9.47. The van der Waals surface area contributed by atoms with Gasteiger partial charge in [-0.25, -0.2) is 0 Å². The molecule has 3 heterocycles. The zero-order valence-electron chi connectivity index (χ0n) is 23.2. The second-order valence-electron chi connectivity index (χ2n) is 12.0. The number of hydrogen-bond donors (Lipinski definition) is 2. The van der Waals surface area contributed by atoms with Crippen molar-refractivity contribution in [3.05, 3.63) is 86.0 Å². The molecule has 2 fully saturated rings. The quantitative estimate of drug-likeness (QED) is 0.365. The lowest BCUT2D eigenvalue weighted by Crippen LogP contribution is -2.79. The van der Waals surface area contributed by atoms with Gasteiger partial charge in [0.25, 0.3) is 0 Å². The van der Waals surface area contributed by atoms with Crippen molar-refractivity contribution < 1.29 is 19.7 Å². The molecule has 1 saturated carbocycles. The van der Waals surface area contributed by atoms with Crippen LogP contribution in [0.5, 0.6) is 11.5 Å². The fourth-order valence-corrected chi connectivity index (χ4v) is 9.56. The van der Waals surface area contributed by atoms with Gasteiger partial charge in [0.15, 0.2) is 11.5 Å². The number of benzene rings is 2. The Bertz CT molecular complexity index is 1620. The molecule has 216 valence electrons. The second-order valence-corrected chi connectivity index (χ2v) is 13.8. The molecule has 9 heteroatoms. The normalized spacial score (nSPS) is 30.9. The van der Waals surface area contributed by atoms with Gasteiger partial charge in [-0.3, -0.25) is 9.69 Å². The maximum Gasteiger partial charge on any atom is 0.246 e. The van der Waals surface area contributed by atoms with Crippen LogP contribution in [0.2, 0.25) is 0 Å². The van der Waals surface area contributed by atoms with Crippen molar-refractivity contribution in [3.63, 3.8) is 0 Å². The van der Waals surface area contributed by atoms with Crippen LogP contribution in [0.4, 0.5) is 0 Å². The Hall–Kier alpha value is -3.16. The van der Waals surface area contributed by atoms with E-state index in [1.807, 2.05) is 41.8 Å². The van der Waals surface area contributed by atoms with Crippen LogP contribution >= 0.6 is 27.3 Å². The van der Waals surface area contributed by atoms with E-state index in [1.54, 1.807) is 35.4 Å². The van der Waals surface area contributed by atoms with Crippen LogP contribution in [0.15, 0.2) is 64.5 Å². The van der Waals surface area contributed by atoms with E-state index in [2.05, 4.69) is 39.0 Å². The summed E-state index contributed by atoms with van der Waals surface area (Å²) in [6, 6.07) is 17.3. The van der Waals surface area contributed by atoms with Crippen molar-refractivity contribution >= 4 is 39.2 Å². The van der Waals surface area contributed by atoms with Gasteiger partial charge >= 0.3 is 0 Å². The van der Waals surface area contributed by atoms with Crippen molar-refractivity contribution in [2.75, 3.05) is 13.6 Å². The van der Waals surface area contributed by atoms with Gasteiger partial charge in [0, 0.05) is 46.0 Å². The molecule has 42 heavy (non-hydrogen) atoms. The van der Waals surface area contributed by atoms with Gasteiger partial charge in [-0.2, -0.15) is 5.26 Å². The maximum absolute atomic E-state index is 13.5. The van der Waals surface area contributed by atoms with Crippen LogP contribution in [-0.4, -0.2) is 69.3 Å². The topological polar surface area (TPSA) is 97.0 Å². The third kappa shape index (κ3) is 3.99. The Morgan fingerprint density at radius 2 is 2.12 bits per heavy atom. The number of nitriles is 1. The number of piperidine rings is 1. The van der Waals surface area contributed by atoms with Crippen molar-refractivity contribution in [2.24, 2.45) is 0 Å². The first-order chi connectivity index (χ1) is 20.3. The van der Waals surface area contributed by atoms with Gasteiger partial charge in [0.1, 0.15) is 6.10 Å². The van der Waals surface area contributed by atoms with Crippen LogP contribution in [0.1, 0.15) is 40.8 Å². The van der Waals surface area contributed by atoms with Crippen LogP contribution in [0.25, 0.3) is 6.08 Å². The summed E-state index contributed by atoms with van der Waals surface area (Å²) in [6.45, 7) is 0.655. The standard InChI is InChI=1S/C33H32BrN3O4S/c1-36(28(39)10-8-24-16-22(34)19-42-24)25-11-13-33(40)27-15-21-7-9-26(38)30-29(21)32(33,31(25)41-30)17-23(18-35)37(27)14-12-20-5-3-2-4-6-20/h2-10,16,19,23,25,27,31,38,40H,11-15,17H2,1H3/b10-8+/t23?,25-,27+,31-,32-,33+/m0/s1. The predicted octanol–water partition coefficient (Wildman–Crippen LogP) is 5.05. The molecular weight excluding hydrogens is 614 g/mol. The number of phenols is 1. The first-order valence-electron chi connectivity index (χ1n) is 14.4. The van der Waals surface area contributed by atoms with Gasteiger partial charge < -0.3 is 19.8 Å². The third-order valence-electron chi connectivity index (χ3n) is 10.1. The van der Waals surface area contributed by atoms with E-state index >= 15 is 0 Å². The molecule has 2 aliphatic heterocycles. The van der Waals surface area contributed by atoms with Crippen LogP contribution in [-0.2, 0) is 23.1 Å². The number of amides is 1. The Balaban J connectivity index is 1.27. The van der Waals surface area contributed by atoms with Gasteiger partial charge in [-0.1, -0.05) is 36.4 Å². The molecule has 4 aliphatic rings. The number of ether oxygens (including phenoxy) is 1. The highest BCUT2D eigenvalue weighted by Gasteiger charge is 2.74. The average Bonchev–Trinajstić information content (AvgIpc) is 3.57. The minimum atomic E-state index is -1.17. The fraction of sp³-hybridized carbons (Fsp3) is 0.394. The highest BCUT2D eigenvalue weighted by Crippen LogP contribution is 2.66. The largest absolute Gasteiger partial charge is 0.504 e. The molecule has 2 aliphatic carbocycles. The van der Waals surface area contributed by atoms with E-state index in [0.717, 1.165) is 26.9 Å². The summed E-state index contributed by atoms with van der Waals surface area (Å²) in [5.41, 5.74) is 0.979. The molecule has 3 aromatic rings. The van der Waals surface area contributed by atoms with Crippen molar-refractivity contribution in [3.8, 4) is 17.6 Å². The Kier molecular flexibility index (Phi) is 6.74. The van der Waals surface area contributed by atoms with E-state index in [-0.39, 0.29) is 23.7 Å². The molecule has 2 N–H and O–H groups in total. The van der Waals surface area contributed by atoms with E-state index in [9.17, 15) is 20.3 Å². The van der Waals surface area contributed by atoms with E-state index in [4.69, 9.17) is 4.74 Å². The third-order valence-corrected chi connectivity index (χ3v) is 11.8. The van der Waals surface area contributed by atoms with Gasteiger partial charge in [-0.05, 0) is 77.4 Å². The number of likely N-dealkylation sites (tertiary alicyclic amines) is 1. The zero-order chi connectivity index (χ0) is 29.2. The van der Waals surface area contributed by atoms with E-state index in [1.165, 1.54) is 5.56 Å². The highest BCUT2D eigenvalue weighted by atomic mass is 79.9. The number of hydrogen-bond acceptors (Lipinski definition) is 7. The van der Waals surface area contributed by atoms with Crippen LogP contribution < -0.4 is 4.74 Å². The van der Waals surface area contributed by atoms with Crippen molar-refractivity contribution in [1.29, 1.82) is 5.26 Å². The highest BCUT2D eigenvalue weighted by molar-refractivity contribution is 9.10. The number of carbonyl (C=O) groups is 1. The molecule has 6 atom stereocenters. The summed E-state index contributed by atoms with van der Waals surface area (Å²) in [5, 5.41) is 36.3. The first kappa shape index (κ1) is 27.7. The average molecular weight is 647 g/mol. The number of carbonyl (C=O) groups excluding carboxylic acids is 1. The van der Waals surface area contributed by atoms with Gasteiger partial charge in [-0.15, -0.1) is 11.3 Å². The fourth-order valence-electron chi connectivity index (χ4n) is 8.22. The summed E-state index contributed by atoms with van der Waals surface area (Å²) in [6.07, 6.45) is 5.54. The molecule has 1 saturated heterocycles. The predicted molar refractivity (Wildman–Crippen MR) is 164 cm³/mol. The number of likely N-dealkylation sites (N-methyl/N-ethyl adjacent to an activating group) is 1. The molecule has 7 rings (SSSR count). The molecular formula is C33H32BrN3O4S. The van der Waals surface area contributed by atoms with Crippen LogP contribution in [0.3, 0.4) is 0 Å². The SMILES string of the molecule is CN(C(=O)/C=C/c1cc(Br)cs1)[C@H]1CC[C@@]2(O)[C@H]3Cc4ccc(O)c5c4[C@@]2(CC(C#N)N3CCc2ccccc2)[C@H]1O5. The number of thiophene rings is 1. The van der Waals surface area contributed by atoms with Crippen molar-refractivity contribution in [2.45, 2.75) is 67.3 Å². The molecule has 1 spiro atoms. The Labute approximate surface area is 257 Å². The van der Waals surface area contributed by atoms with E-state index in [0.29, 0.717) is 38.0 Å². The summed E-state index contributed by atoms with van der Waals surface area (Å²) in [4.78, 5) is 18.4. The molecule has 2 aromatic carbocycles. The minimum Gasteiger partial charge on any atom is -0.504 e. The number of aliphatic hydroxyl groups is 1. The molecule has 2 bridgehead atoms. The Morgan fingerprint density at radius 3 is 2.86 bits per heavy atom. The minimum absolute atomic E-state index is 0.0363. The van der Waals surface area contributed by atoms with Gasteiger partial charge in [0.2, 0.25) is 5.91 Å². The van der Waals surface area contributed by atoms with Crippen LogP contribution in [0, 0.1) is 11.3 Å². The summed E-state index contributed by atoms with van der Waals surface area (Å²) in [5.74, 6) is 0.282. The van der Waals surface area contributed by atoms with Gasteiger partial charge in [0.05, 0.1) is 29.2 Å². The smallest absolute Gasteiger partial charge is 0.246 e. The second kappa shape index (κ2) is 10.2. The summed E-state index contributed by atoms with van der Waals surface area (Å²) < 4.78 is 7.59. The van der Waals surface area contributed by atoms with E-state index < -0.39 is 23.2 Å². The molecule has 7 nitrogen and oxygen atoms in total. The number of halogens is 1.